The Balaban J connectivity index is 1.81. The second kappa shape index (κ2) is 7.61. The fourth-order valence-electron chi connectivity index (χ4n) is 2.40. The van der Waals surface area contributed by atoms with Gasteiger partial charge in [-0.2, -0.15) is 11.3 Å². The maximum absolute atomic E-state index is 3.60. The van der Waals surface area contributed by atoms with Crippen molar-refractivity contribution >= 4 is 11.3 Å². The Morgan fingerprint density at radius 3 is 2.35 bits per heavy atom. The predicted molar refractivity (Wildman–Crippen MR) is 89.4 cm³/mol. The van der Waals surface area contributed by atoms with Crippen LogP contribution in [0.1, 0.15) is 43.5 Å². The van der Waals surface area contributed by atoms with Crippen LogP contribution in [0.2, 0.25) is 0 Å². The molecule has 2 rings (SSSR count). The lowest BCUT2D eigenvalue weighted by molar-refractivity contribution is 0.576. The molecule has 0 bridgehead atoms. The zero-order valence-electron chi connectivity index (χ0n) is 12.7. The lowest BCUT2D eigenvalue weighted by Crippen LogP contribution is -2.21. The van der Waals surface area contributed by atoms with E-state index in [0.717, 1.165) is 18.9 Å². The van der Waals surface area contributed by atoms with Crippen molar-refractivity contribution in [2.24, 2.45) is 5.92 Å². The molecule has 0 amide bonds. The van der Waals surface area contributed by atoms with Gasteiger partial charge in [-0.1, -0.05) is 38.1 Å². The summed E-state index contributed by atoms with van der Waals surface area (Å²) < 4.78 is 0. The van der Waals surface area contributed by atoms with Crippen LogP contribution in [0.25, 0.3) is 0 Å². The SMILES string of the molecule is CC(C)Cc1ccc(C(C)NCCc2ccsc2)cc1. The quantitative estimate of drug-likeness (QED) is 0.768. The van der Waals surface area contributed by atoms with Crippen molar-refractivity contribution in [3.63, 3.8) is 0 Å². The number of benzene rings is 1. The molecule has 108 valence electrons. The molecule has 1 aromatic carbocycles. The van der Waals surface area contributed by atoms with Gasteiger partial charge in [0.25, 0.3) is 0 Å². The molecule has 2 aromatic rings. The first-order chi connectivity index (χ1) is 9.65. The molecule has 0 saturated carbocycles. The van der Waals surface area contributed by atoms with E-state index in [2.05, 4.69) is 67.2 Å². The lowest BCUT2D eigenvalue weighted by atomic mass is 10.00. The third-order valence-corrected chi connectivity index (χ3v) is 4.30. The van der Waals surface area contributed by atoms with Crippen LogP contribution in [0.4, 0.5) is 0 Å². The summed E-state index contributed by atoms with van der Waals surface area (Å²) >= 11 is 1.77. The number of hydrogen-bond donors (Lipinski definition) is 1. The van der Waals surface area contributed by atoms with E-state index in [1.165, 1.54) is 23.1 Å². The van der Waals surface area contributed by atoms with Gasteiger partial charge in [0.1, 0.15) is 0 Å². The Morgan fingerprint density at radius 2 is 1.75 bits per heavy atom. The maximum Gasteiger partial charge on any atom is 0.0291 e. The van der Waals surface area contributed by atoms with Crippen LogP contribution in [-0.4, -0.2) is 6.54 Å². The smallest absolute Gasteiger partial charge is 0.0291 e. The van der Waals surface area contributed by atoms with Gasteiger partial charge in [-0.15, -0.1) is 0 Å². The Hall–Kier alpha value is -1.12. The molecule has 1 heterocycles. The normalized spacial score (nSPS) is 12.8. The minimum atomic E-state index is 0.418. The monoisotopic (exact) mass is 287 g/mol. The Labute approximate surface area is 127 Å². The first kappa shape index (κ1) is 15.3. The minimum absolute atomic E-state index is 0.418. The molecule has 1 N–H and O–H groups in total. The van der Waals surface area contributed by atoms with Crippen LogP contribution in [-0.2, 0) is 12.8 Å². The van der Waals surface area contributed by atoms with Gasteiger partial charge in [0, 0.05) is 6.04 Å². The molecule has 1 aromatic heterocycles. The van der Waals surface area contributed by atoms with Crippen molar-refractivity contribution in [1.82, 2.24) is 5.32 Å². The molecule has 0 aliphatic heterocycles. The highest BCUT2D eigenvalue weighted by Gasteiger charge is 2.05. The topological polar surface area (TPSA) is 12.0 Å². The van der Waals surface area contributed by atoms with Crippen molar-refractivity contribution in [3.8, 4) is 0 Å². The maximum atomic E-state index is 3.60. The first-order valence-corrected chi connectivity index (χ1v) is 8.42. The van der Waals surface area contributed by atoms with E-state index >= 15 is 0 Å². The summed E-state index contributed by atoms with van der Waals surface area (Å²) in [5.41, 5.74) is 4.25. The Bertz CT molecular complexity index is 485. The predicted octanol–water partition coefficient (Wildman–Crippen LogP) is 4.84. The van der Waals surface area contributed by atoms with E-state index in [0.29, 0.717) is 6.04 Å². The number of thiophene rings is 1. The summed E-state index contributed by atoms with van der Waals surface area (Å²) in [5, 5.41) is 7.98. The minimum Gasteiger partial charge on any atom is -0.310 e. The molecule has 0 radical (unpaired) electrons. The first-order valence-electron chi connectivity index (χ1n) is 7.48. The summed E-state index contributed by atoms with van der Waals surface area (Å²) in [6.07, 6.45) is 2.28. The molecular formula is C18H25NS. The molecule has 0 aliphatic rings. The van der Waals surface area contributed by atoms with E-state index in [1.54, 1.807) is 11.3 Å². The van der Waals surface area contributed by atoms with Crippen molar-refractivity contribution in [1.29, 1.82) is 0 Å². The fraction of sp³-hybridized carbons (Fsp3) is 0.444. The van der Waals surface area contributed by atoms with Gasteiger partial charge < -0.3 is 5.32 Å². The molecule has 2 heteroatoms. The summed E-state index contributed by atoms with van der Waals surface area (Å²) in [6.45, 7) is 7.81. The van der Waals surface area contributed by atoms with Crippen LogP contribution in [0.15, 0.2) is 41.1 Å². The van der Waals surface area contributed by atoms with Gasteiger partial charge in [-0.05, 0) is 65.7 Å². The molecule has 20 heavy (non-hydrogen) atoms. The van der Waals surface area contributed by atoms with Crippen LogP contribution >= 0.6 is 11.3 Å². The largest absolute Gasteiger partial charge is 0.310 e. The third-order valence-electron chi connectivity index (χ3n) is 3.57. The zero-order chi connectivity index (χ0) is 14.4. The number of nitrogens with one attached hydrogen (secondary N) is 1. The average molecular weight is 287 g/mol. The van der Waals surface area contributed by atoms with E-state index in [4.69, 9.17) is 0 Å². The Kier molecular flexibility index (Phi) is 5.81. The number of rotatable bonds is 7. The van der Waals surface area contributed by atoms with Crippen molar-refractivity contribution < 1.29 is 0 Å². The zero-order valence-corrected chi connectivity index (χ0v) is 13.5. The summed E-state index contributed by atoms with van der Waals surface area (Å²) in [4.78, 5) is 0. The van der Waals surface area contributed by atoms with E-state index in [9.17, 15) is 0 Å². The highest BCUT2D eigenvalue weighted by molar-refractivity contribution is 7.07. The van der Waals surface area contributed by atoms with Gasteiger partial charge in [-0.25, -0.2) is 0 Å². The highest BCUT2D eigenvalue weighted by Crippen LogP contribution is 2.15. The summed E-state index contributed by atoms with van der Waals surface area (Å²) in [5.74, 6) is 0.724. The fourth-order valence-corrected chi connectivity index (χ4v) is 3.10. The van der Waals surface area contributed by atoms with Crippen molar-refractivity contribution in [2.75, 3.05) is 6.54 Å². The van der Waals surface area contributed by atoms with Crippen molar-refractivity contribution in [3.05, 3.63) is 57.8 Å². The van der Waals surface area contributed by atoms with Crippen LogP contribution in [0.5, 0.6) is 0 Å². The van der Waals surface area contributed by atoms with E-state index < -0.39 is 0 Å². The van der Waals surface area contributed by atoms with Crippen molar-refractivity contribution in [2.45, 2.75) is 39.7 Å². The standard InChI is InChI=1S/C18H25NS/c1-14(2)12-16-4-6-18(7-5-16)15(3)19-10-8-17-9-11-20-13-17/h4-7,9,11,13-15,19H,8,10,12H2,1-3H3. The van der Waals surface area contributed by atoms with Gasteiger partial charge >= 0.3 is 0 Å². The van der Waals surface area contributed by atoms with Gasteiger partial charge in [0.05, 0.1) is 0 Å². The third kappa shape index (κ3) is 4.77. The molecule has 1 atom stereocenters. The lowest BCUT2D eigenvalue weighted by Gasteiger charge is -2.15. The highest BCUT2D eigenvalue weighted by atomic mass is 32.1. The summed E-state index contributed by atoms with van der Waals surface area (Å²) in [7, 11) is 0. The number of hydrogen-bond acceptors (Lipinski definition) is 2. The summed E-state index contributed by atoms with van der Waals surface area (Å²) in [6, 6.07) is 11.7. The van der Waals surface area contributed by atoms with Crippen LogP contribution < -0.4 is 5.32 Å². The molecule has 1 nitrogen and oxygen atoms in total. The molecule has 0 saturated heterocycles. The second-order valence-electron chi connectivity index (χ2n) is 5.90. The van der Waals surface area contributed by atoms with Gasteiger partial charge in [0.15, 0.2) is 0 Å². The average Bonchev–Trinajstić information content (AvgIpc) is 2.92. The Morgan fingerprint density at radius 1 is 1.00 bits per heavy atom. The molecule has 1 unspecified atom stereocenters. The second-order valence-corrected chi connectivity index (χ2v) is 6.68. The molecule has 0 spiro atoms. The van der Waals surface area contributed by atoms with Gasteiger partial charge in [-0.3, -0.25) is 0 Å². The van der Waals surface area contributed by atoms with Gasteiger partial charge in [0.2, 0.25) is 0 Å². The van der Waals surface area contributed by atoms with E-state index in [-0.39, 0.29) is 0 Å². The molecule has 0 aliphatic carbocycles. The van der Waals surface area contributed by atoms with Crippen LogP contribution in [0, 0.1) is 5.92 Å². The van der Waals surface area contributed by atoms with Crippen LogP contribution in [0.3, 0.4) is 0 Å². The molecule has 0 fully saturated rings. The van der Waals surface area contributed by atoms with E-state index in [1.807, 2.05) is 0 Å². The molecular weight excluding hydrogens is 262 g/mol.